The van der Waals surface area contributed by atoms with Crippen molar-refractivity contribution >= 4 is 0 Å². The molecule has 0 aliphatic rings. The lowest BCUT2D eigenvalue weighted by Gasteiger charge is -2.16. The summed E-state index contributed by atoms with van der Waals surface area (Å²) in [6, 6.07) is 2.08. The van der Waals surface area contributed by atoms with Gasteiger partial charge in [-0.3, -0.25) is 0 Å². The minimum Gasteiger partial charge on any atom is -0.493 e. The highest BCUT2D eigenvalue weighted by Gasteiger charge is 2.14. The van der Waals surface area contributed by atoms with E-state index in [9.17, 15) is 0 Å². The Bertz CT molecular complexity index is 364. The predicted molar refractivity (Wildman–Crippen MR) is 62.9 cm³/mol. The van der Waals surface area contributed by atoms with Gasteiger partial charge in [0.15, 0.2) is 11.5 Å². The molecule has 1 aromatic rings. The molecule has 0 spiro atoms. The van der Waals surface area contributed by atoms with Crippen molar-refractivity contribution in [2.45, 2.75) is 20.3 Å². The molecule has 0 radical (unpaired) electrons. The number of benzene rings is 1. The molecule has 0 heterocycles. The molecule has 0 amide bonds. The summed E-state index contributed by atoms with van der Waals surface area (Å²) < 4.78 is 10.7. The van der Waals surface area contributed by atoms with Gasteiger partial charge in [0.2, 0.25) is 0 Å². The second kappa shape index (κ2) is 5.72. The highest BCUT2D eigenvalue weighted by Crippen LogP contribution is 2.36. The molecule has 90 valence electrons. The molecule has 16 heavy (non-hydrogen) atoms. The quantitative estimate of drug-likeness (QED) is 0.776. The third-order valence-electron chi connectivity index (χ3n) is 2.67. The Kier molecular flexibility index (Phi) is 4.58. The predicted octanol–water partition coefficient (Wildman–Crippen LogP) is 1.75. The standard InChI is InChI=1S/C12H19NO3/c1-8-7-10(5-6-16-13)9(2)12(15-4)11(8)14-3/h7H,5-6,13H2,1-4H3. The van der Waals surface area contributed by atoms with Crippen LogP contribution in [-0.4, -0.2) is 20.8 Å². The number of ether oxygens (including phenoxy) is 2. The lowest BCUT2D eigenvalue weighted by Crippen LogP contribution is -2.06. The van der Waals surface area contributed by atoms with Crippen LogP contribution in [0.2, 0.25) is 0 Å². The van der Waals surface area contributed by atoms with Crippen LogP contribution in [0.5, 0.6) is 11.5 Å². The van der Waals surface area contributed by atoms with E-state index in [2.05, 4.69) is 10.9 Å². The van der Waals surface area contributed by atoms with E-state index in [1.54, 1.807) is 14.2 Å². The zero-order valence-corrected chi connectivity index (χ0v) is 10.3. The summed E-state index contributed by atoms with van der Waals surface area (Å²) in [7, 11) is 3.29. The first-order valence-corrected chi connectivity index (χ1v) is 5.18. The molecule has 0 aromatic heterocycles. The van der Waals surface area contributed by atoms with Crippen LogP contribution < -0.4 is 15.4 Å². The van der Waals surface area contributed by atoms with Crippen LogP contribution in [-0.2, 0) is 11.3 Å². The minimum atomic E-state index is 0.496. The van der Waals surface area contributed by atoms with Gasteiger partial charge in [0.25, 0.3) is 0 Å². The Balaban J connectivity index is 3.17. The number of rotatable bonds is 5. The topological polar surface area (TPSA) is 53.7 Å². The SMILES string of the molecule is COc1c(C)cc(CCON)c(C)c1OC. The highest BCUT2D eigenvalue weighted by atomic mass is 16.6. The maximum Gasteiger partial charge on any atom is 0.164 e. The molecule has 2 N–H and O–H groups in total. The second-order valence-electron chi connectivity index (χ2n) is 3.66. The second-order valence-corrected chi connectivity index (χ2v) is 3.66. The molecular weight excluding hydrogens is 206 g/mol. The van der Waals surface area contributed by atoms with Gasteiger partial charge in [-0.2, -0.15) is 0 Å². The molecule has 1 rings (SSSR count). The molecule has 4 nitrogen and oxygen atoms in total. The van der Waals surface area contributed by atoms with Gasteiger partial charge in [0.1, 0.15) is 0 Å². The van der Waals surface area contributed by atoms with Gasteiger partial charge < -0.3 is 14.3 Å². The Morgan fingerprint density at radius 3 is 2.25 bits per heavy atom. The normalized spacial score (nSPS) is 10.3. The molecule has 0 unspecified atom stereocenters. The largest absolute Gasteiger partial charge is 0.493 e. The van der Waals surface area contributed by atoms with Gasteiger partial charge in [0.05, 0.1) is 20.8 Å². The number of aryl methyl sites for hydroxylation is 1. The van der Waals surface area contributed by atoms with Crippen LogP contribution >= 0.6 is 0 Å². The van der Waals surface area contributed by atoms with E-state index in [1.165, 1.54) is 5.56 Å². The molecule has 0 bridgehead atoms. The molecule has 4 heteroatoms. The highest BCUT2D eigenvalue weighted by molar-refractivity contribution is 5.54. The van der Waals surface area contributed by atoms with Gasteiger partial charge >= 0.3 is 0 Å². The van der Waals surface area contributed by atoms with Crippen LogP contribution in [0, 0.1) is 13.8 Å². The van der Waals surface area contributed by atoms with Crippen molar-refractivity contribution < 1.29 is 14.3 Å². The van der Waals surface area contributed by atoms with E-state index in [0.717, 1.165) is 29.0 Å². The Hall–Kier alpha value is -1.26. The van der Waals surface area contributed by atoms with Crippen molar-refractivity contribution in [3.05, 3.63) is 22.8 Å². The fourth-order valence-electron chi connectivity index (χ4n) is 1.86. The molecule has 0 saturated carbocycles. The number of hydrogen-bond acceptors (Lipinski definition) is 4. The van der Waals surface area contributed by atoms with E-state index in [-0.39, 0.29) is 0 Å². The summed E-state index contributed by atoms with van der Waals surface area (Å²) in [6.45, 7) is 4.50. The first kappa shape index (κ1) is 12.8. The number of methoxy groups -OCH3 is 2. The molecule has 0 aliphatic carbocycles. The van der Waals surface area contributed by atoms with Crippen LogP contribution in [0.15, 0.2) is 6.07 Å². The van der Waals surface area contributed by atoms with E-state index < -0.39 is 0 Å². The summed E-state index contributed by atoms with van der Waals surface area (Å²) in [5.74, 6) is 6.61. The van der Waals surface area contributed by atoms with Crippen molar-refractivity contribution in [3.8, 4) is 11.5 Å². The van der Waals surface area contributed by atoms with Crippen molar-refractivity contribution in [2.24, 2.45) is 5.90 Å². The zero-order chi connectivity index (χ0) is 12.1. The van der Waals surface area contributed by atoms with E-state index in [1.807, 2.05) is 13.8 Å². The van der Waals surface area contributed by atoms with Gasteiger partial charge in [-0.1, -0.05) is 6.07 Å². The van der Waals surface area contributed by atoms with Crippen LogP contribution in [0.4, 0.5) is 0 Å². The van der Waals surface area contributed by atoms with Gasteiger partial charge in [-0.05, 0) is 37.0 Å². The maximum atomic E-state index is 5.37. The monoisotopic (exact) mass is 225 g/mol. The lowest BCUT2D eigenvalue weighted by atomic mass is 10.0. The fourth-order valence-corrected chi connectivity index (χ4v) is 1.86. The summed E-state index contributed by atoms with van der Waals surface area (Å²) in [5, 5.41) is 0. The summed E-state index contributed by atoms with van der Waals surface area (Å²) in [4.78, 5) is 4.60. The molecule has 1 aromatic carbocycles. The van der Waals surface area contributed by atoms with E-state index in [0.29, 0.717) is 6.61 Å². The Labute approximate surface area is 96.3 Å². The Morgan fingerprint density at radius 2 is 1.75 bits per heavy atom. The Morgan fingerprint density at radius 1 is 1.12 bits per heavy atom. The fraction of sp³-hybridized carbons (Fsp3) is 0.500. The average molecular weight is 225 g/mol. The zero-order valence-electron chi connectivity index (χ0n) is 10.3. The van der Waals surface area contributed by atoms with Crippen molar-refractivity contribution in [3.63, 3.8) is 0 Å². The van der Waals surface area contributed by atoms with Gasteiger partial charge in [-0.25, -0.2) is 5.90 Å². The first-order valence-electron chi connectivity index (χ1n) is 5.18. The lowest BCUT2D eigenvalue weighted by molar-refractivity contribution is 0.141. The summed E-state index contributed by atoms with van der Waals surface area (Å²) >= 11 is 0. The van der Waals surface area contributed by atoms with Crippen molar-refractivity contribution in [2.75, 3.05) is 20.8 Å². The first-order chi connectivity index (χ1) is 7.65. The minimum absolute atomic E-state index is 0.496. The molecule has 0 aliphatic heterocycles. The average Bonchev–Trinajstić information content (AvgIpc) is 2.29. The summed E-state index contributed by atoms with van der Waals surface area (Å²) in [6.07, 6.45) is 0.767. The van der Waals surface area contributed by atoms with Gasteiger partial charge in [0, 0.05) is 0 Å². The van der Waals surface area contributed by atoms with Crippen LogP contribution in [0.25, 0.3) is 0 Å². The van der Waals surface area contributed by atoms with E-state index in [4.69, 9.17) is 15.4 Å². The third-order valence-corrected chi connectivity index (χ3v) is 2.67. The number of hydrogen-bond donors (Lipinski definition) is 1. The summed E-state index contributed by atoms with van der Waals surface area (Å²) in [5.41, 5.74) is 3.29. The van der Waals surface area contributed by atoms with Gasteiger partial charge in [-0.15, -0.1) is 0 Å². The molecular formula is C12H19NO3. The molecule has 0 saturated heterocycles. The van der Waals surface area contributed by atoms with E-state index >= 15 is 0 Å². The number of nitrogens with two attached hydrogens (primary N) is 1. The van der Waals surface area contributed by atoms with Crippen LogP contribution in [0.1, 0.15) is 16.7 Å². The third kappa shape index (κ3) is 2.46. The van der Waals surface area contributed by atoms with Crippen LogP contribution in [0.3, 0.4) is 0 Å². The smallest absolute Gasteiger partial charge is 0.164 e. The molecule has 0 fully saturated rings. The maximum absolute atomic E-state index is 5.37. The van der Waals surface area contributed by atoms with Crippen molar-refractivity contribution in [1.82, 2.24) is 0 Å². The molecule has 0 atom stereocenters. The van der Waals surface area contributed by atoms with Crippen molar-refractivity contribution in [1.29, 1.82) is 0 Å².